The van der Waals surface area contributed by atoms with Crippen molar-refractivity contribution in [2.24, 2.45) is 0 Å². The van der Waals surface area contributed by atoms with E-state index in [2.05, 4.69) is 9.97 Å². The molecule has 5 atom stereocenters. The van der Waals surface area contributed by atoms with Crippen LogP contribution in [0.15, 0.2) is 24.5 Å². The molecule has 0 aliphatic carbocycles. The van der Waals surface area contributed by atoms with E-state index < -0.39 is 24.0 Å². The molecule has 9 nitrogen and oxygen atoms in total. The van der Waals surface area contributed by atoms with Crippen molar-refractivity contribution in [2.75, 3.05) is 26.4 Å². The molecule has 192 valence electrons. The van der Waals surface area contributed by atoms with Gasteiger partial charge in [0.2, 0.25) is 0 Å². The number of hydrogen-bond donors (Lipinski definition) is 1. The van der Waals surface area contributed by atoms with Crippen LogP contribution < -0.4 is 0 Å². The summed E-state index contributed by atoms with van der Waals surface area (Å²) in [5.41, 5.74) is 0.130. The van der Waals surface area contributed by atoms with Crippen LogP contribution in [0.1, 0.15) is 57.2 Å². The van der Waals surface area contributed by atoms with Gasteiger partial charge in [0, 0.05) is 19.2 Å². The first kappa shape index (κ1) is 24.8. The second-order valence-electron chi connectivity index (χ2n) is 9.80. The van der Waals surface area contributed by atoms with Crippen LogP contribution in [0, 0.1) is 6.92 Å². The average molecular weight is 508 g/mol. The maximum atomic E-state index is 11.8. The minimum atomic E-state index is -1.37. The summed E-state index contributed by atoms with van der Waals surface area (Å²) in [7, 11) is 0. The molecular weight excluding hydrogens is 474 g/mol. The van der Waals surface area contributed by atoms with Crippen molar-refractivity contribution in [3.63, 3.8) is 0 Å². The maximum Gasteiger partial charge on any atom is 0.167 e. The predicted octanol–water partition coefficient (Wildman–Crippen LogP) is 4.05. The molecule has 1 N–H and O–H groups in total. The van der Waals surface area contributed by atoms with E-state index in [-0.39, 0.29) is 12.7 Å². The average Bonchev–Trinajstić information content (AvgIpc) is 3.32. The number of nitrogens with zero attached hydrogens (tertiary/aromatic N) is 3. The predicted molar refractivity (Wildman–Crippen MR) is 129 cm³/mol. The lowest BCUT2D eigenvalue weighted by molar-refractivity contribution is -0.132. The summed E-state index contributed by atoms with van der Waals surface area (Å²) in [6.07, 6.45) is 9.19. The third-order valence-electron chi connectivity index (χ3n) is 7.04. The Labute approximate surface area is 210 Å². The molecule has 10 heteroatoms. The molecule has 3 saturated heterocycles. The number of allylic oxidation sites excluding steroid dienone is 1. The fourth-order valence-corrected chi connectivity index (χ4v) is 5.48. The van der Waals surface area contributed by atoms with Gasteiger partial charge >= 0.3 is 0 Å². The molecule has 0 spiro atoms. The number of aryl methyl sites for hydroxylation is 1. The molecule has 2 aromatic rings. The topological polar surface area (TPSA) is 97.1 Å². The molecule has 0 bridgehead atoms. The number of ether oxygens (including phenoxy) is 5. The molecule has 0 radical (unpaired) electrons. The van der Waals surface area contributed by atoms with Crippen LogP contribution in [0.5, 0.6) is 0 Å². The molecule has 5 heterocycles. The van der Waals surface area contributed by atoms with Crippen molar-refractivity contribution in [1.29, 1.82) is 0 Å². The summed E-state index contributed by atoms with van der Waals surface area (Å²) in [5, 5.41) is 12.9. The largest absolute Gasteiger partial charge is 0.495 e. The first-order chi connectivity index (χ1) is 16.9. The van der Waals surface area contributed by atoms with E-state index in [1.165, 1.54) is 6.33 Å². The van der Waals surface area contributed by atoms with E-state index in [0.717, 1.165) is 61.8 Å². The van der Waals surface area contributed by atoms with Gasteiger partial charge in [-0.05, 0) is 51.5 Å². The SMILES string of the molecule is Cc1cn(C2OC(CO/C=C3\CCCCO3)[C@@H](OCC3CCCCO3)[C@]2(C)O)c2ncnc(Cl)c12. The zero-order chi connectivity index (χ0) is 24.4. The molecule has 0 amide bonds. The van der Waals surface area contributed by atoms with Crippen LogP contribution >= 0.6 is 11.6 Å². The van der Waals surface area contributed by atoms with Crippen LogP contribution in [-0.2, 0) is 23.7 Å². The van der Waals surface area contributed by atoms with Gasteiger partial charge in [-0.3, -0.25) is 0 Å². The highest BCUT2D eigenvalue weighted by Crippen LogP contribution is 2.43. The minimum absolute atomic E-state index is 0.0131. The molecule has 3 unspecified atom stereocenters. The fraction of sp³-hybridized carbons (Fsp3) is 0.680. The van der Waals surface area contributed by atoms with Crippen molar-refractivity contribution in [3.05, 3.63) is 35.3 Å². The van der Waals surface area contributed by atoms with Gasteiger partial charge in [0.1, 0.15) is 53.6 Å². The Balaban J connectivity index is 1.38. The van der Waals surface area contributed by atoms with Gasteiger partial charge in [0.05, 0.1) is 24.7 Å². The zero-order valence-corrected chi connectivity index (χ0v) is 21.1. The van der Waals surface area contributed by atoms with Crippen molar-refractivity contribution in [3.8, 4) is 0 Å². The van der Waals surface area contributed by atoms with Gasteiger partial charge in [0.15, 0.2) is 6.23 Å². The van der Waals surface area contributed by atoms with E-state index in [4.69, 9.17) is 35.3 Å². The second-order valence-corrected chi connectivity index (χ2v) is 10.2. The Morgan fingerprint density at radius 1 is 1.23 bits per heavy atom. The summed E-state index contributed by atoms with van der Waals surface area (Å²) >= 11 is 6.34. The highest BCUT2D eigenvalue weighted by atomic mass is 35.5. The Kier molecular flexibility index (Phi) is 7.50. The normalized spacial score (nSPS) is 32.7. The van der Waals surface area contributed by atoms with Crippen LogP contribution in [0.3, 0.4) is 0 Å². The molecule has 3 fully saturated rings. The molecule has 35 heavy (non-hydrogen) atoms. The van der Waals surface area contributed by atoms with Crippen LogP contribution in [0.4, 0.5) is 0 Å². The quantitative estimate of drug-likeness (QED) is 0.443. The number of halogens is 1. The Morgan fingerprint density at radius 3 is 2.86 bits per heavy atom. The molecule has 2 aromatic heterocycles. The lowest BCUT2D eigenvalue weighted by Crippen LogP contribution is -2.47. The van der Waals surface area contributed by atoms with Gasteiger partial charge in [-0.25, -0.2) is 9.97 Å². The first-order valence-corrected chi connectivity index (χ1v) is 12.8. The Morgan fingerprint density at radius 2 is 2.09 bits per heavy atom. The molecule has 3 aliphatic heterocycles. The van der Waals surface area contributed by atoms with Crippen molar-refractivity contribution in [2.45, 2.75) is 82.5 Å². The molecule has 0 aromatic carbocycles. The number of aromatic nitrogens is 3. The summed E-state index contributed by atoms with van der Waals surface area (Å²) in [4.78, 5) is 8.53. The van der Waals surface area contributed by atoms with E-state index in [1.54, 1.807) is 13.2 Å². The molecule has 0 saturated carbocycles. The first-order valence-electron chi connectivity index (χ1n) is 12.5. The number of aliphatic hydroxyl groups is 1. The zero-order valence-electron chi connectivity index (χ0n) is 20.3. The van der Waals surface area contributed by atoms with Crippen molar-refractivity contribution >= 4 is 22.6 Å². The summed E-state index contributed by atoms with van der Waals surface area (Å²) in [5.74, 6) is 0.837. The summed E-state index contributed by atoms with van der Waals surface area (Å²) in [6.45, 7) is 5.72. The number of fused-ring (bicyclic) bond motifs is 1. The summed E-state index contributed by atoms with van der Waals surface area (Å²) in [6, 6.07) is 0. The van der Waals surface area contributed by atoms with Gasteiger partial charge in [0.25, 0.3) is 0 Å². The standard InChI is InChI=1S/C25H34ClN3O6/c1-16-11-29(23-20(16)22(26)27-15-28-23)24-25(2,30)21(34-13-18-8-4-6-10-33-18)19(35-24)14-31-12-17-7-3-5-9-32-17/h11-12,15,18-19,21,24,30H,3-10,13-14H2,1-2H3/b17-12+/t18?,19?,21-,24?,25+/m1/s1. The fourth-order valence-electron chi connectivity index (χ4n) is 5.20. The maximum absolute atomic E-state index is 11.8. The number of hydrogen-bond acceptors (Lipinski definition) is 8. The van der Waals surface area contributed by atoms with Gasteiger partial charge < -0.3 is 33.4 Å². The van der Waals surface area contributed by atoms with Gasteiger partial charge in [-0.1, -0.05) is 11.6 Å². The Hall–Kier alpha value is -1.91. The van der Waals surface area contributed by atoms with E-state index in [9.17, 15) is 5.11 Å². The lowest BCUT2D eigenvalue weighted by Gasteiger charge is -2.32. The van der Waals surface area contributed by atoms with Crippen molar-refractivity contribution in [1.82, 2.24) is 14.5 Å². The number of rotatable bonds is 7. The molecule has 3 aliphatic rings. The van der Waals surface area contributed by atoms with E-state index >= 15 is 0 Å². The third-order valence-corrected chi connectivity index (χ3v) is 7.33. The lowest BCUT2D eigenvalue weighted by atomic mass is 9.96. The van der Waals surface area contributed by atoms with Gasteiger partial charge in [-0.2, -0.15) is 0 Å². The molecular formula is C25H34ClN3O6. The third kappa shape index (κ3) is 5.15. The van der Waals surface area contributed by atoms with Crippen LogP contribution in [0.25, 0.3) is 11.0 Å². The highest BCUT2D eigenvalue weighted by Gasteiger charge is 2.55. The highest BCUT2D eigenvalue weighted by molar-refractivity contribution is 6.34. The van der Waals surface area contributed by atoms with Crippen molar-refractivity contribution < 1.29 is 28.8 Å². The van der Waals surface area contributed by atoms with E-state index in [0.29, 0.717) is 24.0 Å². The molecule has 5 rings (SSSR count). The smallest absolute Gasteiger partial charge is 0.167 e. The Bertz CT molecular complexity index is 1040. The van der Waals surface area contributed by atoms with Gasteiger partial charge in [-0.15, -0.1) is 0 Å². The van der Waals surface area contributed by atoms with Crippen LogP contribution in [0.2, 0.25) is 5.15 Å². The van der Waals surface area contributed by atoms with E-state index in [1.807, 2.05) is 17.7 Å². The second kappa shape index (κ2) is 10.6. The monoisotopic (exact) mass is 507 g/mol. The minimum Gasteiger partial charge on any atom is -0.495 e. The van der Waals surface area contributed by atoms with Crippen LogP contribution in [-0.4, -0.2) is 70.0 Å². The summed E-state index contributed by atoms with van der Waals surface area (Å²) < 4.78 is 31.9.